The average molecular weight is 499 g/mol. The van der Waals surface area contributed by atoms with Crippen LogP contribution in [0, 0.1) is 11.3 Å². The minimum absolute atomic E-state index is 0.0650. The Kier molecular flexibility index (Phi) is 7.92. The molecule has 0 fully saturated rings. The van der Waals surface area contributed by atoms with Gasteiger partial charge in [0.05, 0.1) is 31.8 Å². The fourth-order valence-corrected chi connectivity index (χ4v) is 4.92. The van der Waals surface area contributed by atoms with Gasteiger partial charge >= 0.3 is 6.01 Å². The number of nitriles is 1. The molecule has 1 aromatic heterocycles. The molecule has 0 spiro atoms. The highest BCUT2D eigenvalue weighted by Gasteiger charge is 2.28. The predicted octanol–water partition coefficient (Wildman–Crippen LogP) is 4.34. The number of carbonyl (C=O) groups is 1. The van der Waals surface area contributed by atoms with Gasteiger partial charge in [-0.05, 0) is 37.8 Å². The van der Waals surface area contributed by atoms with E-state index < -0.39 is 0 Å². The van der Waals surface area contributed by atoms with Crippen LogP contribution in [0.4, 0.5) is 11.5 Å². The van der Waals surface area contributed by atoms with Gasteiger partial charge in [0.2, 0.25) is 5.91 Å². The third-order valence-electron chi connectivity index (χ3n) is 7.15. The number of nitrogens with zero attached hydrogens (tertiary/aromatic N) is 6. The molecule has 1 aliphatic rings. The first-order valence-corrected chi connectivity index (χ1v) is 12.6. The van der Waals surface area contributed by atoms with Crippen molar-refractivity contribution in [2.45, 2.75) is 45.3 Å². The van der Waals surface area contributed by atoms with Gasteiger partial charge in [0.25, 0.3) is 0 Å². The second-order valence-corrected chi connectivity index (χ2v) is 9.49. The van der Waals surface area contributed by atoms with Crippen LogP contribution in [0.25, 0.3) is 10.8 Å². The standard InChI is InChI=1S/C29H34N6O2/c1-6-27(36)35(20(2)14-16-30)18-21(3)33(4)28-24-15-17-34(19-25(24)31-29(32-28)37-5)26-13-9-11-22-10-7-8-12-23(22)26/h6-13,20-21H,1,14-15,17-19H2,2-5H3/t20-,21+/m1/s1. The normalized spacial score (nSPS) is 14.3. The molecule has 0 saturated carbocycles. The first-order valence-electron chi connectivity index (χ1n) is 12.6. The lowest BCUT2D eigenvalue weighted by Crippen LogP contribution is -2.47. The Labute approximate surface area is 218 Å². The van der Waals surface area contributed by atoms with Crippen molar-refractivity contribution in [3.05, 3.63) is 66.4 Å². The number of methoxy groups -OCH3 is 1. The van der Waals surface area contributed by atoms with Gasteiger partial charge in [-0.15, -0.1) is 0 Å². The largest absolute Gasteiger partial charge is 0.467 e. The van der Waals surface area contributed by atoms with Crippen molar-refractivity contribution in [3.8, 4) is 12.1 Å². The summed E-state index contributed by atoms with van der Waals surface area (Å²) in [4.78, 5) is 28.1. The van der Waals surface area contributed by atoms with Gasteiger partial charge in [0.1, 0.15) is 5.82 Å². The molecule has 2 aromatic carbocycles. The fraction of sp³-hybridized carbons (Fsp3) is 0.379. The number of hydrogen-bond acceptors (Lipinski definition) is 7. The minimum Gasteiger partial charge on any atom is -0.467 e. The SMILES string of the molecule is C=CC(=O)N(C[C@H](C)N(C)c1nc(OC)nc2c1CCN(c1cccc3ccccc13)C2)[C@H](C)CC#N. The van der Waals surface area contributed by atoms with Crippen LogP contribution in [0.15, 0.2) is 55.1 Å². The molecule has 1 aliphatic heterocycles. The van der Waals surface area contributed by atoms with E-state index >= 15 is 0 Å². The number of ether oxygens (including phenoxy) is 1. The molecule has 0 radical (unpaired) electrons. The molecule has 37 heavy (non-hydrogen) atoms. The van der Waals surface area contributed by atoms with Crippen LogP contribution in [0.2, 0.25) is 0 Å². The number of likely N-dealkylation sites (N-methyl/N-ethyl adjacent to an activating group) is 1. The fourth-order valence-electron chi connectivity index (χ4n) is 4.92. The summed E-state index contributed by atoms with van der Waals surface area (Å²) in [5.41, 5.74) is 3.23. The van der Waals surface area contributed by atoms with Crippen molar-refractivity contribution in [3.63, 3.8) is 0 Å². The molecule has 3 aromatic rings. The molecule has 0 aliphatic carbocycles. The van der Waals surface area contributed by atoms with Crippen LogP contribution >= 0.6 is 0 Å². The Hall–Kier alpha value is -4.12. The quantitative estimate of drug-likeness (QED) is 0.406. The second-order valence-electron chi connectivity index (χ2n) is 9.49. The van der Waals surface area contributed by atoms with E-state index in [2.05, 4.69) is 71.8 Å². The van der Waals surface area contributed by atoms with E-state index in [4.69, 9.17) is 20.0 Å². The van der Waals surface area contributed by atoms with Crippen molar-refractivity contribution in [1.82, 2.24) is 14.9 Å². The predicted molar refractivity (Wildman–Crippen MR) is 147 cm³/mol. The van der Waals surface area contributed by atoms with E-state index in [1.807, 2.05) is 14.0 Å². The van der Waals surface area contributed by atoms with Crippen LogP contribution in [0.1, 0.15) is 31.5 Å². The number of benzene rings is 2. The summed E-state index contributed by atoms with van der Waals surface area (Å²) >= 11 is 0. The molecule has 0 bridgehead atoms. The number of hydrogen-bond donors (Lipinski definition) is 0. The highest BCUT2D eigenvalue weighted by molar-refractivity contribution is 5.94. The molecule has 0 N–H and O–H groups in total. The molecule has 8 nitrogen and oxygen atoms in total. The van der Waals surface area contributed by atoms with Gasteiger partial charge in [0.15, 0.2) is 0 Å². The average Bonchev–Trinajstić information content (AvgIpc) is 2.93. The molecular weight excluding hydrogens is 464 g/mol. The summed E-state index contributed by atoms with van der Waals surface area (Å²) in [5, 5.41) is 11.6. The Bertz CT molecular complexity index is 1330. The highest BCUT2D eigenvalue weighted by atomic mass is 16.5. The Balaban J connectivity index is 1.63. The zero-order valence-electron chi connectivity index (χ0n) is 22.0. The lowest BCUT2D eigenvalue weighted by atomic mass is 10.0. The van der Waals surface area contributed by atoms with E-state index in [1.165, 1.54) is 22.5 Å². The van der Waals surface area contributed by atoms with Crippen molar-refractivity contribution in [2.75, 3.05) is 37.0 Å². The smallest absolute Gasteiger partial charge is 0.318 e. The first kappa shape index (κ1) is 26.0. The number of carbonyl (C=O) groups excluding carboxylic acids is 1. The van der Waals surface area contributed by atoms with Gasteiger partial charge < -0.3 is 19.4 Å². The van der Waals surface area contributed by atoms with Gasteiger partial charge in [0, 0.05) is 48.9 Å². The van der Waals surface area contributed by atoms with Crippen molar-refractivity contribution in [1.29, 1.82) is 5.26 Å². The molecule has 192 valence electrons. The number of fused-ring (bicyclic) bond motifs is 2. The van der Waals surface area contributed by atoms with Gasteiger partial charge in [-0.2, -0.15) is 15.2 Å². The summed E-state index contributed by atoms with van der Waals surface area (Å²) in [5.74, 6) is 0.627. The van der Waals surface area contributed by atoms with E-state index in [-0.39, 0.29) is 24.4 Å². The summed E-state index contributed by atoms with van der Waals surface area (Å²) < 4.78 is 5.49. The minimum atomic E-state index is -0.213. The summed E-state index contributed by atoms with van der Waals surface area (Å²) in [6, 6.07) is 17.0. The molecule has 4 rings (SSSR count). The van der Waals surface area contributed by atoms with E-state index in [9.17, 15) is 4.79 Å². The maximum absolute atomic E-state index is 12.5. The zero-order chi connectivity index (χ0) is 26.5. The summed E-state index contributed by atoms with van der Waals surface area (Å²) in [6.07, 6.45) is 2.35. The Morgan fingerprint density at radius 1 is 1.22 bits per heavy atom. The van der Waals surface area contributed by atoms with Crippen LogP contribution in [-0.4, -0.2) is 60.1 Å². The molecule has 0 unspecified atom stereocenters. The van der Waals surface area contributed by atoms with Crippen LogP contribution in [-0.2, 0) is 17.8 Å². The Morgan fingerprint density at radius 3 is 2.70 bits per heavy atom. The molecule has 0 saturated heterocycles. The summed E-state index contributed by atoms with van der Waals surface area (Å²) in [7, 11) is 3.56. The third kappa shape index (κ3) is 5.36. The monoisotopic (exact) mass is 498 g/mol. The zero-order valence-corrected chi connectivity index (χ0v) is 22.0. The van der Waals surface area contributed by atoms with Gasteiger partial charge in [-0.25, -0.2) is 0 Å². The van der Waals surface area contributed by atoms with Crippen LogP contribution in [0.3, 0.4) is 0 Å². The van der Waals surface area contributed by atoms with E-state index in [1.54, 1.807) is 12.0 Å². The highest BCUT2D eigenvalue weighted by Crippen LogP contribution is 2.34. The Morgan fingerprint density at radius 2 is 1.97 bits per heavy atom. The topological polar surface area (TPSA) is 85.6 Å². The molecular formula is C29H34N6O2. The number of anilines is 2. The summed E-state index contributed by atoms with van der Waals surface area (Å²) in [6.45, 7) is 9.50. The van der Waals surface area contributed by atoms with Crippen molar-refractivity contribution < 1.29 is 9.53 Å². The number of amides is 1. The maximum Gasteiger partial charge on any atom is 0.318 e. The van der Waals surface area contributed by atoms with Crippen molar-refractivity contribution >= 4 is 28.2 Å². The molecule has 8 heteroatoms. The van der Waals surface area contributed by atoms with Crippen molar-refractivity contribution in [2.24, 2.45) is 0 Å². The first-order chi connectivity index (χ1) is 17.9. The van der Waals surface area contributed by atoms with E-state index in [0.29, 0.717) is 19.1 Å². The number of aromatic nitrogens is 2. The lowest BCUT2D eigenvalue weighted by Gasteiger charge is -2.37. The third-order valence-corrected chi connectivity index (χ3v) is 7.15. The van der Waals surface area contributed by atoms with Gasteiger partial charge in [-0.3, -0.25) is 4.79 Å². The van der Waals surface area contributed by atoms with E-state index in [0.717, 1.165) is 30.0 Å². The molecule has 2 atom stereocenters. The number of rotatable bonds is 9. The van der Waals surface area contributed by atoms with Crippen LogP contribution in [0.5, 0.6) is 6.01 Å². The molecule has 1 amide bonds. The maximum atomic E-state index is 12.5. The molecule has 2 heterocycles. The second kappa shape index (κ2) is 11.3. The van der Waals surface area contributed by atoms with Crippen LogP contribution < -0.4 is 14.5 Å². The van der Waals surface area contributed by atoms with Gasteiger partial charge in [-0.1, -0.05) is 43.0 Å². The lowest BCUT2D eigenvalue weighted by molar-refractivity contribution is -0.128.